The number of pyridine rings is 1. The van der Waals surface area contributed by atoms with Gasteiger partial charge >= 0.3 is 5.97 Å². The van der Waals surface area contributed by atoms with Gasteiger partial charge in [0.05, 0.1) is 11.7 Å². The number of hydrogen-bond donors (Lipinski definition) is 1. The van der Waals surface area contributed by atoms with E-state index in [-0.39, 0.29) is 17.6 Å². The summed E-state index contributed by atoms with van der Waals surface area (Å²) in [5.41, 5.74) is 0.920. The van der Waals surface area contributed by atoms with Gasteiger partial charge < -0.3 is 10.0 Å². The summed E-state index contributed by atoms with van der Waals surface area (Å²) in [5.74, 6) is -1.42. The van der Waals surface area contributed by atoms with E-state index in [1.165, 1.54) is 12.3 Å². The van der Waals surface area contributed by atoms with E-state index >= 15 is 0 Å². The minimum Gasteiger partial charge on any atom is -0.476 e. The highest BCUT2D eigenvalue weighted by Crippen LogP contribution is 2.28. The van der Waals surface area contributed by atoms with Gasteiger partial charge in [-0.2, -0.15) is 0 Å². The molecule has 0 aliphatic heterocycles. The number of carboxylic acid groups (broad SMARTS) is 1. The van der Waals surface area contributed by atoms with Crippen molar-refractivity contribution in [3.05, 3.63) is 59.7 Å². The van der Waals surface area contributed by atoms with Crippen molar-refractivity contribution in [2.75, 3.05) is 11.9 Å². The molecule has 1 aromatic heterocycles. The predicted molar refractivity (Wildman–Crippen MR) is 74.4 cm³/mol. The van der Waals surface area contributed by atoms with Crippen LogP contribution in [0.4, 0.5) is 10.1 Å². The second-order valence-corrected chi connectivity index (χ2v) is 4.48. The quantitative estimate of drug-likeness (QED) is 0.930. The lowest BCUT2D eigenvalue weighted by molar-refractivity contribution is 0.0691. The molecule has 2 aromatic rings. The maximum absolute atomic E-state index is 13.8. The summed E-state index contributed by atoms with van der Waals surface area (Å²) in [6.07, 6.45) is 1.43. The zero-order valence-electron chi connectivity index (χ0n) is 11.2. The Hall–Kier alpha value is -2.43. The highest BCUT2D eigenvalue weighted by atomic mass is 19.1. The maximum atomic E-state index is 13.8. The second kappa shape index (κ2) is 5.69. The lowest BCUT2D eigenvalue weighted by atomic mass is 10.1. The number of benzene rings is 1. The van der Waals surface area contributed by atoms with Crippen LogP contribution in [0.1, 0.15) is 29.0 Å². The molecule has 0 bridgehead atoms. The first-order chi connectivity index (χ1) is 9.52. The summed E-state index contributed by atoms with van der Waals surface area (Å²) in [7, 11) is 1.72. The molecule has 1 unspecified atom stereocenters. The SMILES string of the molecule is CC(c1ccccc1F)N(C)c1cccnc1C(=O)O. The zero-order valence-corrected chi connectivity index (χ0v) is 11.2. The van der Waals surface area contributed by atoms with Crippen molar-refractivity contribution in [1.29, 1.82) is 0 Å². The van der Waals surface area contributed by atoms with Gasteiger partial charge in [0.25, 0.3) is 0 Å². The van der Waals surface area contributed by atoms with Gasteiger partial charge in [-0.1, -0.05) is 18.2 Å². The lowest BCUT2D eigenvalue weighted by Crippen LogP contribution is -2.25. The van der Waals surface area contributed by atoms with Crippen LogP contribution in [0.5, 0.6) is 0 Å². The number of nitrogens with zero attached hydrogens (tertiary/aromatic N) is 2. The fourth-order valence-electron chi connectivity index (χ4n) is 2.08. The molecule has 0 spiro atoms. The van der Waals surface area contributed by atoms with Crippen molar-refractivity contribution < 1.29 is 14.3 Å². The number of aromatic carboxylic acids is 1. The van der Waals surface area contributed by atoms with E-state index in [9.17, 15) is 9.18 Å². The van der Waals surface area contributed by atoms with Crippen LogP contribution in [0.15, 0.2) is 42.6 Å². The minimum absolute atomic E-state index is 0.0433. The first-order valence-electron chi connectivity index (χ1n) is 6.18. The van der Waals surface area contributed by atoms with Gasteiger partial charge in [-0.05, 0) is 25.1 Å². The van der Waals surface area contributed by atoms with Crippen molar-refractivity contribution >= 4 is 11.7 Å². The Morgan fingerprint density at radius 1 is 1.30 bits per heavy atom. The number of aromatic nitrogens is 1. The molecule has 0 saturated heterocycles. The molecule has 0 radical (unpaired) electrons. The molecule has 1 atom stereocenters. The molecule has 1 N–H and O–H groups in total. The molecule has 0 amide bonds. The lowest BCUT2D eigenvalue weighted by Gasteiger charge is -2.28. The van der Waals surface area contributed by atoms with Crippen LogP contribution in [0.3, 0.4) is 0 Å². The fraction of sp³-hybridized carbons (Fsp3) is 0.200. The van der Waals surface area contributed by atoms with Crippen molar-refractivity contribution in [2.24, 2.45) is 0 Å². The molecule has 104 valence electrons. The van der Waals surface area contributed by atoms with E-state index in [0.29, 0.717) is 11.3 Å². The average molecular weight is 274 g/mol. The van der Waals surface area contributed by atoms with E-state index in [0.717, 1.165) is 0 Å². The van der Waals surface area contributed by atoms with Crippen LogP contribution in [0.2, 0.25) is 0 Å². The molecule has 1 aromatic carbocycles. The number of anilines is 1. The highest BCUT2D eigenvalue weighted by Gasteiger charge is 2.21. The number of carbonyl (C=O) groups is 1. The molecule has 0 aliphatic carbocycles. The monoisotopic (exact) mass is 274 g/mol. The summed E-state index contributed by atoms with van der Waals surface area (Å²) in [5, 5.41) is 9.16. The normalized spacial score (nSPS) is 11.9. The van der Waals surface area contributed by atoms with Gasteiger partial charge in [0.2, 0.25) is 0 Å². The van der Waals surface area contributed by atoms with E-state index in [4.69, 9.17) is 5.11 Å². The van der Waals surface area contributed by atoms with Crippen LogP contribution in [-0.2, 0) is 0 Å². The van der Waals surface area contributed by atoms with Gasteiger partial charge in [0.1, 0.15) is 5.82 Å². The Morgan fingerprint density at radius 2 is 2.00 bits per heavy atom. The molecule has 2 rings (SSSR count). The maximum Gasteiger partial charge on any atom is 0.356 e. The Kier molecular flexibility index (Phi) is 3.98. The fourth-order valence-corrected chi connectivity index (χ4v) is 2.08. The smallest absolute Gasteiger partial charge is 0.356 e. The van der Waals surface area contributed by atoms with Crippen molar-refractivity contribution in [2.45, 2.75) is 13.0 Å². The van der Waals surface area contributed by atoms with E-state index in [2.05, 4.69) is 4.98 Å². The Morgan fingerprint density at radius 3 is 2.65 bits per heavy atom. The molecule has 4 nitrogen and oxygen atoms in total. The number of rotatable bonds is 4. The van der Waals surface area contributed by atoms with Crippen LogP contribution in [0, 0.1) is 5.82 Å². The van der Waals surface area contributed by atoms with E-state index < -0.39 is 5.97 Å². The zero-order chi connectivity index (χ0) is 14.7. The molecular formula is C15H15FN2O2. The molecule has 1 heterocycles. The number of hydrogen-bond acceptors (Lipinski definition) is 3. The summed E-state index contributed by atoms with van der Waals surface area (Å²) in [6.45, 7) is 1.82. The summed E-state index contributed by atoms with van der Waals surface area (Å²) < 4.78 is 13.8. The van der Waals surface area contributed by atoms with Crippen LogP contribution in [-0.4, -0.2) is 23.1 Å². The van der Waals surface area contributed by atoms with Crippen molar-refractivity contribution in [1.82, 2.24) is 4.98 Å². The number of carboxylic acids is 1. The third-order valence-electron chi connectivity index (χ3n) is 3.31. The molecule has 20 heavy (non-hydrogen) atoms. The van der Waals surface area contributed by atoms with Gasteiger partial charge in [0, 0.05) is 18.8 Å². The number of halogens is 1. The summed E-state index contributed by atoms with van der Waals surface area (Å²) in [4.78, 5) is 16.8. The van der Waals surface area contributed by atoms with Gasteiger partial charge in [0.15, 0.2) is 5.69 Å². The molecule has 0 fully saturated rings. The first-order valence-corrected chi connectivity index (χ1v) is 6.18. The summed E-state index contributed by atoms with van der Waals surface area (Å²) in [6, 6.07) is 9.47. The van der Waals surface area contributed by atoms with Crippen molar-refractivity contribution in [3.8, 4) is 0 Å². The topological polar surface area (TPSA) is 53.4 Å². The Bertz CT molecular complexity index is 631. The van der Waals surface area contributed by atoms with Gasteiger partial charge in [-0.3, -0.25) is 0 Å². The van der Waals surface area contributed by atoms with Crippen LogP contribution < -0.4 is 4.90 Å². The second-order valence-electron chi connectivity index (χ2n) is 4.48. The Balaban J connectivity index is 2.39. The predicted octanol–water partition coefficient (Wildman–Crippen LogP) is 3.12. The van der Waals surface area contributed by atoms with E-state index in [1.54, 1.807) is 42.3 Å². The van der Waals surface area contributed by atoms with Gasteiger partial charge in [-0.15, -0.1) is 0 Å². The van der Waals surface area contributed by atoms with E-state index in [1.807, 2.05) is 6.92 Å². The summed E-state index contributed by atoms with van der Waals surface area (Å²) >= 11 is 0. The average Bonchev–Trinajstić information content (AvgIpc) is 2.46. The third kappa shape index (κ3) is 2.61. The minimum atomic E-state index is -1.10. The van der Waals surface area contributed by atoms with Crippen LogP contribution in [0.25, 0.3) is 0 Å². The van der Waals surface area contributed by atoms with Crippen LogP contribution >= 0.6 is 0 Å². The van der Waals surface area contributed by atoms with Crippen molar-refractivity contribution in [3.63, 3.8) is 0 Å². The first kappa shape index (κ1) is 14.0. The van der Waals surface area contributed by atoms with Gasteiger partial charge in [-0.25, -0.2) is 14.2 Å². The molecular weight excluding hydrogens is 259 g/mol. The Labute approximate surface area is 116 Å². The molecule has 0 saturated carbocycles. The molecule has 0 aliphatic rings. The standard InChI is InChI=1S/C15H15FN2O2/c1-10(11-6-3-4-7-12(11)16)18(2)13-8-5-9-17-14(13)15(19)20/h3-10H,1-2H3,(H,19,20). The third-order valence-corrected chi connectivity index (χ3v) is 3.31. The highest BCUT2D eigenvalue weighted by molar-refractivity contribution is 5.92. The largest absolute Gasteiger partial charge is 0.476 e. The molecule has 5 heteroatoms.